The normalized spacial score (nSPS) is 11.7. The minimum absolute atomic E-state index is 0. The fraction of sp³-hybridized carbons (Fsp3) is 0.500. The number of halogens is 2. The Labute approximate surface area is 154 Å². The zero-order valence-electron chi connectivity index (χ0n) is 12.8. The second-order valence-electron chi connectivity index (χ2n) is 4.69. The fourth-order valence-corrected chi connectivity index (χ4v) is 2.19. The van der Waals surface area contributed by atoms with E-state index in [9.17, 15) is 8.42 Å². The first kappa shape index (κ1) is 21.5. The van der Waals surface area contributed by atoms with E-state index in [1.54, 1.807) is 0 Å². The van der Waals surface area contributed by atoms with Crippen molar-refractivity contribution in [3.8, 4) is 0 Å². The molecule has 0 aromatic heterocycles. The van der Waals surface area contributed by atoms with E-state index in [0.717, 1.165) is 18.0 Å². The van der Waals surface area contributed by atoms with Crippen molar-refractivity contribution in [2.45, 2.75) is 13.3 Å². The average molecular weight is 460 g/mol. The van der Waals surface area contributed by atoms with Crippen molar-refractivity contribution in [3.63, 3.8) is 0 Å². The third kappa shape index (κ3) is 10.2. The third-order valence-corrected chi connectivity index (χ3v) is 3.87. The summed E-state index contributed by atoms with van der Waals surface area (Å²) < 4.78 is 22.2. The number of hydrogen-bond donors (Lipinski definition) is 2. The summed E-state index contributed by atoms with van der Waals surface area (Å²) in [5.74, 6) is 0.691. The molecule has 8 heteroatoms. The second-order valence-corrected chi connectivity index (χ2v) is 7.39. The highest BCUT2D eigenvalue weighted by molar-refractivity contribution is 14.0. The number of sulfone groups is 1. The Kier molecular flexibility index (Phi) is 10.8. The van der Waals surface area contributed by atoms with Gasteiger partial charge >= 0.3 is 0 Å². The molecule has 0 aliphatic heterocycles. The summed E-state index contributed by atoms with van der Waals surface area (Å²) >= 11 is 5.84. The Morgan fingerprint density at radius 3 is 2.41 bits per heavy atom. The molecule has 0 saturated carbocycles. The van der Waals surface area contributed by atoms with Crippen LogP contribution in [0, 0.1) is 0 Å². The molecular weight excluding hydrogens is 437 g/mol. The van der Waals surface area contributed by atoms with Gasteiger partial charge in [0.15, 0.2) is 5.96 Å². The van der Waals surface area contributed by atoms with Crippen molar-refractivity contribution < 1.29 is 8.42 Å². The van der Waals surface area contributed by atoms with Gasteiger partial charge in [0, 0.05) is 24.4 Å². The van der Waals surface area contributed by atoms with Crippen LogP contribution in [0.5, 0.6) is 0 Å². The van der Waals surface area contributed by atoms with Gasteiger partial charge in [-0.1, -0.05) is 23.7 Å². The first-order valence-electron chi connectivity index (χ1n) is 6.85. The van der Waals surface area contributed by atoms with Gasteiger partial charge in [0.25, 0.3) is 0 Å². The Hall–Kier alpha value is -0.540. The van der Waals surface area contributed by atoms with E-state index < -0.39 is 9.84 Å². The van der Waals surface area contributed by atoms with Gasteiger partial charge in [-0.15, -0.1) is 24.0 Å². The maximum absolute atomic E-state index is 11.1. The summed E-state index contributed by atoms with van der Waals surface area (Å²) in [6.45, 7) is 3.67. The molecule has 0 atom stereocenters. The highest BCUT2D eigenvalue weighted by Gasteiger charge is 2.02. The maximum Gasteiger partial charge on any atom is 0.191 e. The molecule has 0 amide bonds. The van der Waals surface area contributed by atoms with E-state index in [-0.39, 0.29) is 36.3 Å². The van der Waals surface area contributed by atoms with Crippen LogP contribution in [0.1, 0.15) is 12.5 Å². The lowest BCUT2D eigenvalue weighted by Gasteiger charge is -2.11. The number of nitrogens with zero attached hydrogens (tertiary/aromatic N) is 1. The van der Waals surface area contributed by atoms with Gasteiger partial charge in [0.2, 0.25) is 0 Å². The highest BCUT2D eigenvalue weighted by Crippen LogP contribution is 2.09. The van der Waals surface area contributed by atoms with Crippen LogP contribution in [-0.2, 0) is 16.3 Å². The van der Waals surface area contributed by atoms with Crippen molar-refractivity contribution in [1.82, 2.24) is 10.6 Å². The Bertz CT molecular complexity index is 562. The Morgan fingerprint density at radius 2 is 1.86 bits per heavy atom. The van der Waals surface area contributed by atoms with Gasteiger partial charge < -0.3 is 10.6 Å². The molecule has 1 rings (SSSR count). The zero-order valence-corrected chi connectivity index (χ0v) is 16.7. The van der Waals surface area contributed by atoms with E-state index >= 15 is 0 Å². The predicted molar refractivity (Wildman–Crippen MR) is 104 cm³/mol. The molecule has 22 heavy (non-hydrogen) atoms. The molecule has 0 saturated heterocycles. The fourth-order valence-electron chi connectivity index (χ4n) is 1.64. The predicted octanol–water partition coefficient (Wildman–Crippen LogP) is 2.10. The maximum atomic E-state index is 11.1. The molecule has 0 radical (unpaired) electrons. The summed E-state index contributed by atoms with van der Waals surface area (Å²) in [4.78, 5) is 4.24. The van der Waals surface area contributed by atoms with Gasteiger partial charge in [-0.2, -0.15) is 0 Å². The lowest BCUT2D eigenvalue weighted by atomic mass is 10.1. The molecule has 0 bridgehead atoms. The van der Waals surface area contributed by atoms with Crippen LogP contribution in [-0.4, -0.2) is 46.0 Å². The largest absolute Gasteiger partial charge is 0.357 e. The summed E-state index contributed by atoms with van der Waals surface area (Å²) in [7, 11) is -2.98. The summed E-state index contributed by atoms with van der Waals surface area (Å²) in [5.41, 5.74) is 1.18. The molecular formula is C14H23ClIN3O2S. The topological polar surface area (TPSA) is 70.6 Å². The third-order valence-electron chi connectivity index (χ3n) is 2.70. The standard InChI is InChI=1S/C14H22ClN3O2S.HI/c1-3-16-14(18-10-11-21(2,19)20)17-9-8-12-4-6-13(15)7-5-12;/h4-7H,3,8-11H2,1-2H3,(H2,16,17,18);1H. The van der Waals surface area contributed by atoms with Crippen LogP contribution in [0.2, 0.25) is 5.02 Å². The van der Waals surface area contributed by atoms with Crippen LogP contribution in [0.15, 0.2) is 29.3 Å². The van der Waals surface area contributed by atoms with E-state index in [1.165, 1.54) is 11.8 Å². The van der Waals surface area contributed by atoms with Gasteiger partial charge in [-0.05, 0) is 31.0 Å². The number of nitrogens with one attached hydrogen (secondary N) is 2. The van der Waals surface area contributed by atoms with E-state index in [0.29, 0.717) is 12.5 Å². The number of guanidine groups is 1. The molecule has 1 aromatic carbocycles. The van der Waals surface area contributed by atoms with Gasteiger partial charge in [-0.3, -0.25) is 4.99 Å². The number of hydrogen-bond acceptors (Lipinski definition) is 3. The Balaban J connectivity index is 0.00000441. The lowest BCUT2D eigenvalue weighted by molar-refractivity contribution is 0.601. The molecule has 2 N–H and O–H groups in total. The summed E-state index contributed by atoms with van der Waals surface area (Å²) in [6.07, 6.45) is 2.05. The summed E-state index contributed by atoms with van der Waals surface area (Å²) in [5, 5.41) is 6.99. The van der Waals surface area contributed by atoms with Crippen LogP contribution < -0.4 is 10.6 Å². The van der Waals surface area contributed by atoms with Crippen molar-refractivity contribution >= 4 is 51.4 Å². The van der Waals surface area contributed by atoms with Gasteiger partial charge in [-0.25, -0.2) is 8.42 Å². The molecule has 126 valence electrons. The van der Waals surface area contributed by atoms with Crippen LogP contribution in [0.4, 0.5) is 0 Å². The van der Waals surface area contributed by atoms with E-state index in [1.807, 2.05) is 31.2 Å². The van der Waals surface area contributed by atoms with Gasteiger partial charge in [0.05, 0.1) is 12.3 Å². The van der Waals surface area contributed by atoms with Crippen molar-refractivity contribution in [3.05, 3.63) is 34.9 Å². The van der Waals surface area contributed by atoms with Crippen LogP contribution in [0.3, 0.4) is 0 Å². The van der Waals surface area contributed by atoms with Crippen molar-refractivity contribution in [1.29, 1.82) is 0 Å². The lowest BCUT2D eigenvalue weighted by Crippen LogP contribution is -2.38. The molecule has 5 nitrogen and oxygen atoms in total. The second kappa shape index (κ2) is 11.1. The molecule has 0 aliphatic carbocycles. The van der Waals surface area contributed by atoms with Crippen molar-refractivity contribution in [2.75, 3.05) is 31.6 Å². The molecule has 1 aromatic rings. The first-order valence-corrected chi connectivity index (χ1v) is 9.29. The molecule has 0 spiro atoms. The minimum atomic E-state index is -2.98. The van der Waals surface area contributed by atoms with E-state index in [4.69, 9.17) is 11.6 Å². The number of benzene rings is 1. The smallest absolute Gasteiger partial charge is 0.191 e. The SMILES string of the molecule is CCNC(=NCCS(C)(=O)=O)NCCc1ccc(Cl)cc1.I. The molecule has 0 aliphatic rings. The number of rotatable bonds is 7. The summed E-state index contributed by atoms with van der Waals surface area (Å²) in [6, 6.07) is 7.69. The van der Waals surface area contributed by atoms with Crippen LogP contribution in [0.25, 0.3) is 0 Å². The van der Waals surface area contributed by atoms with Gasteiger partial charge in [0.1, 0.15) is 9.84 Å². The molecule has 0 heterocycles. The first-order chi connectivity index (χ1) is 9.90. The van der Waals surface area contributed by atoms with Crippen LogP contribution >= 0.6 is 35.6 Å². The quantitative estimate of drug-likeness (QED) is 0.372. The zero-order chi connectivity index (χ0) is 15.7. The van der Waals surface area contributed by atoms with Crippen molar-refractivity contribution in [2.24, 2.45) is 4.99 Å². The monoisotopic (exact) mass is 459 g/mol. The minimum Gasteiger partial charge on any atom is -0.357 e. The molecule has 0 unspecified atom stereocenters. The molecule has 0 fully saturated rings. The Morgan fingerprint density at radius 1 is 1.23 bits per heavy atom. The number of aliphatic imine (C=N–C) groups is 1. The highest BCUT2D eigenvalue weighted by atomic mass is 127. The average Bonchev–Trinajstić information content (AvgIpc) is 2.39. The van der Waals surface area contributed by atoms with E-state index in [2.05, 4.69) is 15.6 Å².